The predicted molar refractivity (Wildman–Crippen MR) is 85.4 cm³/mol. The third-order valence-corrected chi connectivity index (χ3v) is 3.99. The normalized spacial score (nSPS) is 15.7. The monoisotopic (exact) mass is 290 g/mol. The van der Waals surface area contributed by atoms with Crippen LogP contribution in [-0.2, 0) is 11.2 Å². The van der Waals surface area contributed by atoms with Crippen molar-refractivity contribution in [3.8, 4) is 5.75 Å². The lowest BCUT2D eigenvalue weighted by molar-refractivity contribution is -0.121. The highest BCUT2D eigenvalue weighted by Crippen LogP contribution is 2.23. The molecule has 0 aliphatic heterocycles. The van der Waals surface area contributed by atoms with Gasteiger partial charge in [-0.1, -0.05) is 25.3 Å². The van der Waals surface area contributed by atoms with Gasteiger partial charge in [-0.05, 0) is 43.9 Å². The van der Waals surface area contributed by atoms with Crippen molar-refractivity contribution >= 4 is 11.6 Å². The molecule has 0 saturated heterocycles. The van der Waals surface area contributed by atoms with Gasteiger partial charge in [-0.3, -0.25) is 4.79 Å². The van der Waals surface area contributed by atoms with Crippen molar-refractivity contribution < 1.29 is 9.53 Å². The molecule has 3 N–H and O–H groups in total. The molecule has 1 aliphatic carbocycles. The lowest BCUT2D eigenvalue weighted by Crippen LogP contribution is -2.36. The third-order valence-electron chi connectivity index (χ3n) is 3.99. The van der Waals surface area contributed by atoms with Crippen molar-refractivity contribution in [1.82, 2.24) is 5.32 Å². The van der Waals surface area contributed by atoms with Crippen LogP contribution < -0.4 is 15.8 Å². The predicted octanol–water partition coefficient (Wildman–Crippen LogP) is 3.05. The second-order valence-corrected chi connectivity index (χ2v) is 5.71. The standard InChI is InChI=1S/C17H26N2O2/c1-2-21-16-10-8-13(12-15(16)18)9-11-17(20)19-14-6-4-3-5-7-14/h8,10,12,14H,2-7,9,11,18H2,1H3,(H,19,20). The number of hydrogen-bond donors (Lipinski definition) is 2. The number of hydrogen-bond acceptors (Lipinski definition) is 3. The molecular formula is C17H26N2O2. The van der Waals surface area contributed by atoms with Crippen LogP contribution in [-0.4, -0.2) is 18.6 Å². The summed E-state index contributed by atoms with van der Waals surface area (Å²) >= 11 is 0. The van der Waals surface area contributed by atoms with E-state index >= 15 is 0 Å². The fourth-order valence-electron chi connectivity index (χ4n) is 2.85. The Labute approximate surface area is 127 Å². The molecule has 4 heteroatoms. The molecule has 1 fully saturated rings. The lowest BCUT2D eigenvalue weighted by Gasteiger charge is -2.22. The van der Waals surface area contributed by atoms with Crippen LogP contribution in [0.3, 0.4) is 0 Å². The van der Waals surface area contributed by atoms with Gasteiger partial charge in [-0.15, -0.1) is 0 Å². The van der Waals surface area contributed by atoms with Crippen molar-refractivity contribution in [1.29, 1.82) is 0 Å². The van der Waals surface area contributed by atoms with Crippen molar-refractivity contribution in [2.24, 2.45) is 0 Å². The molecule has 2 rings (SSSR count). The average Bonchev–Trinajstić information content (AvgIpc) is 2.49. The molecule has 0 heterocycles. The zero-order valence-electron chi connectivity index (χ0n) is 12.9. The van der Waals surface area contributed by atoms with Crippen LogP contribution >= 0.6 is 0 Å². The van der Waals surface area contributed by atoms with E-state index in [0.717, 1.165) is 24.8 Å². The molecule has 1 aromatic rings. The summed E-state index contributed by atoms with van der Waals surface area (Å²) in [6.07, 6.45) is 7.27. The minimum absolute atomic E-state index is 0.148. The minimum Gasteiger partial charge on any atom is -0.492 e. The maximum Gasteiger partial charge on any atom is 0.220 e. The van der Waals surface area contributed by atoms with E-state index in [0.29, 0.717) is 30.5 Å². The Hall–Kier alpha value is -1.71. The van der Waals surface area contributed by atoms with E-state index in [1.807, 2.05) is 25.1 Å². The Morgan fingerprint density at radius 1 is 1.33 bits per heavy atom. The summed E-state index contributed by atoms with van der Waals surface area (Å²) in [4.78, 5) is 12.0. The van der Waals surface area contributed by atoms with Gasteiger partial charge >= 0.3 is 0 Å². The van der Waals surface area contributed by atoms with Gasteiger partial charge in [-0.2, -0.15) is 0 Å². The van der Waals surface area contributed by atoms with Crippen LogP contribution in [0.1, 0.15) is 51.0 Å². The van der Waals surface area contributed by atoms with Crippen molar-refractivity contribution in [3.63, 3.8) is 0 Å². The van der Waals surface area contributed by atoms with E-state index in [1.54, 1.807) is 0 Å². The number of carbonyl (C=O) groups is 1. The molecule has 0 spiro atoms. The number of nitrogen functional groups attached to an aromatic ring is 1. The van der Waals surface area contributed by atoms with E-state index in [1.165, 1.54) is 19.3 Å². The molecule has 1 amide bonds. The first-order valence-corrected chi connectivity index (χ1v) is 7.99. The number of rotatable bonds is 6. The Morgan fingerprint density at radius 3 is 2.76 bits per heavy atom. The highest BCUT2D eigenvalue weighted by Gasteiger charge is 2.15. The van der Waals surface area contributed by atoms with E-state index in [9.17, 15) is 4.79 Å². The number of anilines is 1. The van der Waals surface area contributed by atoms with Gasteiger partial charge in [0.05, 0.1) is 12.3 Å². The lowest BCUT2D eigenvalue weighted by atomic mass is 9.95. The highest BCUT2D eigenvalue weighted by atomic mass is 16.5. The summed E-state index contributed by atoms with van der Waals surface area (Å²) in [7, 11) is 0. The van der Waals surface area contributed by atoms with E-state index in [4.69, 9.17) is 10.5 Å². The van der Waals surface area contributed by atoms with Gasteiger partial charge in [0.15, 0.2) is 0 Å². The summed E-state index contributed by atoms with van der Waals surface area (Å²) in [5, 5.41) is 3.14. The summed E-state index contributed by atoms with van der Waals surface area (Å²) in [5.74, 6) is 0.863. The molecule has 4 nitrogen and oxygen atoms in total. The van der Waals surface area contributed by atoms with Crippen LogP contribution in [0.2, 0.25) is 0 Å². The molecule has 116 valence electrons. The molecule has 0 bridgehead atoms. The Morgan fingerprint density at radius 2 is 2.10 bits per heavy atom. The number of nitrogens with two attached hydrogens (primary N) is 1. The van der Waals surface area contributed by atoms with Gasteiger partial charge < -0.3 is 15.8 Å². The van der Waals surface area contributed by atoms with Crippen molar-refractivity contribution in [2.45, 2.75) is 57.9 Å². The first-order valence-electron chi connectivity index (χ1n) is 7.99. The number of amides is 1. The van der Waals surface area contributed by atoms with Crippen molar-refractivity contribution in [3.05, 3.63) is 23.8 Å². The fourth-order valence-corrected chi connectivity index (χ4v) is 2.85. The summed E-state index contributed by atoms with van der Waals surface area (Å²) in [6, 6.07) is 6.15. The second-order valence-electron chi connectivity index (χ2n) is 5.71. The van der Waals surface area contributed by atoms with Crippen LogP contribution in [0.15, 0.2) is 18.2 Å². The Balaban J connectivity index is 1.79. The maximum absolute atomic E-state index is 12.0. The van der Waals surface area contributed by atoms with Crippen molar-refractivity contribution in [2.75, 3.05) is 12.3 Å². The van der Waals surface area contributed by atoms with Gasteiger partial charge in [-0.25, -0.2) is 0 Å². The quantitative estimate of drug-likeness (QED) is 0.791. The van der Waals surface area contributed by atoms with E-state index in [2.05, 4.69) is 5.32 Å². The van der Waals surface area contributed by atoms with Crippen LogP contribution in [0, 0.1) is 0 Å². The van der Waals surface area contributed by atoms with Gasteiger partial charge in [0.1, 0.15) is 5.75 Å². The first-order chi connectivity index (χ1) is 10.2. The SMILES string of the molecule is CCOc1ccc(CCC(=O)NC2CCCCC2)cc1N. The number of ether oxygens (including phenoxy) is 1. The van der Waals surface area contributed by atoms with E-state index < -0.39 is 0 Å². The summed E-state index contributed by atoms with van der Waals surface area (Å²) in [5.41, 5.74) is 7.66. The van der Waals surface area contributed by atoms with Crippen LogP contribution in [0.4, 0.5) is 5.69 Å². The molecule has 0 unspecified atom stereocenters. The zero-order chi connectivity index (χ0) is 15.1. The van der Waals surface area contributed by atoms with Gasteiger partial charge in [0.25, 0.3) is 0 Å². The molecule has 1 aliphatic rings. The molecule has 21 heavy (non-hydrogen) atoms. The smallest absolute Gasteiger partial charge is 0.220 e. The molecular weight excluding hydrogens is 264 g/mol. The molecule has 0 atom stereocenters. The molecule has 1 aromatic carbocycles. The van der Waals surface area contributed by atoms with Gasteiger partial charge in [0.2, 0.25) is 5.91 Å². The average molecular weight is 290 g/mol. The third kappa shape index (κ3) is 4.96. The number of aryl methyl sites for hydroxylation is 1. The number of carbonyl (C=O) groups excluding carboxylic acids is 1. The minimum atomic E-state index is 0.148. The Bertz CT molecular complexity index is 468. The number of benzene rings is 1. The summed E-state index contributed by atoms with van der Waals surface area (Å²) < 4.78 is 5.41. The maximum atomic E-state index is 12.0. The highest BCUT2D eigenvalue weighted by molar-refractivity contribution is 5.76. The zero-order valence-corrected chi connectivity index (χ0v) is 12.9. The topological polar surface area (TPSA) is 64.3 Å². The largest absolute Gasteiger partial charge is 0.492 e. The van der Waals surface area contributed by atoms with Crippen LogP contribution in [0.25, 0.3) is 0 Å². The Kier molecular flexibility index (Phi) is 5.90. The molecule has 0 aromatic heterocycles. The molecule has 0 radical (unpaired) electrons. The van der Waals surface area contributed by atoms with Gasteiger partial charge in [0, 0.05) is 12.5 Å². The van der Waals surface area contributed by atoms with Crippen LogP contribution in [0.5, 0.6) is 5.75 Å². The first kappa shape index (κ1) is 15.7. The molecule has 1 saturated carbocycles. The number of nitrogens with one attached hydrogen (secondary N) is 1. The van der Waals surface area contributed by atoms with E-state index in [-0.39, 0.29) is 5.91 Å². The second kappa shape index (κ2) is 7.91. The summed E-state index contributed by atoms with van der Waals surface area (Å²) in [6.45, 7) is 2.54. The fraction of sp³-hybridized carbons (Fsp3) is 0.588.